The van der Waals surface area contributed by atoms with Gasteiger partial charge in [0.25, 0.3) is 11.7 Å². The summed E-state index contributed by atoms with van der Waals surface area (Å²) in [6, 6.07) is 19.0. The molecule has 5 rings (SSSR count). The van der Waals surface area contributed by atoms with Crippen molar-refractivity contribution in [3.8, 4) is 17.2 Å². The number of nitrogens with one attached hydrogen (secondary N) is 1. The van der Waals surface area contributed by atoms with E-state index in [0.29, 0.717) is 22.8 Å². The minimum atomic E-state index is -0.854. The highest BCUT2D eigenvalue weighted by molar-refractivity contribution is 6.46. The molecule has 1 atom stereocenters. The van der Waals surface area contributed by atoms with Gasteiger partial charge in [0.05, 0.1) is 45.1 Å². The highest BCUT2D eigenvalue weighted by Gasteiger charge is 2.47. The topological polar surface area (TPSA) is 101 Å². The largest absolute Gasteiger partial charge is 0.507 e. The molecule has 0 spiro atoms. The van der Waals surface area contributed by atoms with Gasteiger partial charge < -0.3 is 29.2 Å². The van der Waals surface area contributed by atoms with Gasteiger partial charge in [-0.25, -0.2) is 0 Å². The van der Waals surface area contributed by atoms with E-state index in [-0.39, 0.29) is 23.4 Å². The first kappa shape index (κ1) is 24.0. The summed E-state index contributed by atoms with van der Waals surface area (Å²) in [4.78, 5) is 31.7. The average molecular weight is 499 g/mol. The number of likely N-dealkylation sites (tertiary alicyclic amines) is 1. The number of carbonyl (C=O) groups is 2. The molecule has 2 N–H and O–H groups in total. The lowest BCUT2D eigenvalue weighted by Crippen LogP contribution is -2.29. The van der Waals surface area contributed by atoms with Gasteiger partial charge >= 0.3 is 0 Å². The van der Waals surface area contributed by atoms with E-state index >= 15 is 0 Å². The second kappa shape index (κ2) is 9.73. The van der Waals surface area contributed by atoms with E-state index in [4.69, 9.17) is 14.2 Å². The number of para-hydroxylation sites is 2. The molecule has 1 aromatic heterocycles. The van der Waals surface area contributed by atoms with Crippen LogP contribution >= 0.6 is 0 Å². The van der Waals surface area contributed by atoms with Crippen LogP contribution in [0.4, 0.5) is 0 Å². The smallest absolute Gasteiger partial charge is 0.295 e. The van der Waals surface area contributed by atoms with Crippen LogP contribution in [0.15, 0.2) is 78.5 Å². The van der Waals surface area contributed by atoms with Gasteiger partial charge in [0.2, 0.25) is 0 Å². The summed E-state index contributed by atoms with van der Waals surface area (Å²) >= 11 is 0. The molecule has 8 heteroatoms. The van der Waals surface area contributed by atoms with Crippen LogP contribution in [0, 0.1) is 0 Å². The van der Waals surface area contributed by atoms with Crippen LogP contribution in [0.1, 0.15) is 22.7 Å². The van der Waals surface area contributed by atoms with Gasteiger partial charge in [-0.15, -0.1) is 0 Å². The zero-order valence-electron chi connectivity index (χ0n) is 20.6. The number of carbonyl (C=O) groups excluding carboxylic acids is 2. The zero-order valence-corrected chi connectivity index (χ0v) is 20.6. The SMILES string of the molecule is COc1ccc(/C(O)=C2\C(=O)C(=O)N(Cc3ccccc3OC)C2c2c[nH]c3ccccc23)c(OC)c1. The van der Waals surface area contributed by atoms with Crippen molar-refractivity contribution >= 4 is 28.4 Å². The number of ether oxygens (including phenoxy) is 3. The number of methoxy groups -OCH3 is 3. The molecule has 0 bridgehead atoms. The molecule has 1 unspecified atom stereocenters. The summed E-state index contributed by atoms with van der Waals surface area (Å²) in [6.07, 6.45) is 1.77. The van der Waals surface area contributed by atoms with E-state index in [0.717, 1.165) is 16.5 Å². The number of aromatic nitrogens is 1. The Morgan fingerprint density at radius 3 is 2.41 bits per heavy atom. The highest BCUT2D eigenvalue weighted by Crippen LogP contribution is 2.44. The first-order chi connectivity index (χ1) is 18.0. The lowest BCUT2D eigenvalue weighted by molar-refractivity contribution is -0.140. The first-order valence-electron chi connectivity index (χ1n) is 11.7. The quantitative estimate of drug-likeness (QED) is 0.215. The Kier molecular flexibility index (Phi) is 6.31. The number of hydrogen-bond acceptors (Lipinski definition) is 6. The second-order valence-corrected chi connectivity index (χ2v) is 8.59. The third-order valence-electron chi connectivity index (χ3n) is 6.65. The molecular weight excluding hydrogens is 472 g/mol. The third-order valence-corrected chi connectivity index (χ3v) is 6.65. The molecule has 1 aliphatic heterocycles. The number of aromatic amines is 1. The third kappa shape index (κ3) is 4.06. The number of benzene rings is 3. The number of amides is 1. The molecule has 8 nitrogen and oxygen atoms in total. The van der Waals surface area contributed by atoms with Crippen LogP contribution in [-0.2, 0) is 16.1 Å². The summed E-state index contributed by atoms with van der Waals surface area (Å²) in [5.74, 6) is -0.381. The maximum Gasteiger partial charge on any atom is 0.295 e. The minimum Gasteiger partial charge on any atom is -0.507 e. The Morgan fingerprint density at radius 2 is 1.65 bits per heavy atom. The number of aliphatic hydroxyl groups is 1. The van der Waals surface area contributed by atoms with Gasteiger partial charge in [-0.05, 0) is 24.3 Å². The van der Waals surface area contributed by atoms with Crippen molar-refractivity contribution in [3.05, 3.63) is 95.2 Å². The van der Waals surface area contributed by atoms with E-state index in [1.807, 2.05) is 42.5 Å². The van der Waals surface area contributed by atoms with Gasteiger partial charge in [0.15, 0.2) is 0 Å². The summed E-state index contributed by atoms with van der Waals surface area (Å²) < 4.78 is 16.2. The van der Waals surface area contributed by atoms with Crippen molar-refractivity contribution < 1.29 is 28.9 Å². The van der Waals surface area contributed by atoms with Crippen molar-refractivity contribution in [2.24, 2.45) is 0 Å². The standard InChI is InChI=1S/C29H26N2O6/c1-35-18-12-13-20(24(14-18)37-3)27(32)25-26(21-15-30-22-10-6-5-9-19(21)22)31(29(34)28(25)33)16-17-8-4-7-11-23(17)36-2/h4-15,26,30,32H,16H2,1-3H3/b27-25+. The monoisotopic (exact) mass is 498 g/mol. The van der Waals surface area contributed by atoms with Crippen LogP contribution < -0.4 is 14.2 Å². The van der Waals surface area contributed by atoms with Crippen LogP contribution in [-0.4, -0.2) is 48.0 Å². The maximum absolute atomic E-state index is 13.5. The van der Waals surface area contributed by atoms with Crippen molar-refractivity contribution in [3.63, 3.8) is 0 Å². The van der Waals surface area contributed by atoms with Crippen LogP contribution in [0.3, 0.4) is 0 Å². The second-order valence-electron chi connectivity index (χ2n) is 8.59. The highest BCUT2D eigenvalue weighted by atomic mass is 16.5. The number of fused-ring (bicyclic) bond motifs is 1. The van der Waals surface area contributed by atoms with Gasteiger partial charge in [0.1, 0.15) is 23.0 Å². The molecule has 4 aromatic rings. The normalized spacial score (nSPS) is 16.8. The molecule has 3 aromatic carbocycles. The van der Waals surface area contributed by atoms with Crippen LogP contribution in [0.2, 0.25) is 0 Å². The number of rotatable bonds is 7. The summed E-state index contributed by atoms with van der Waals surface area (Å²) in [5.41, 5.74) is 2.54. The molecule has 1 aliphatic rings. The van der Waals surface area contributed by atoms with Gasteiger partial charge in [-0.1, -0.05) is 36.4 Å². The predicted octanol–water partition coefficient (Wildman–Crippen LogP) is 4.82. The molecular formula is C29H26N2O6. The average Bonchev–Trinajstić information content (AvgIpc) is 3.46. The summed E-state index contributed by atoms with van der Waals surface area (Å²) in [6.45, 7) is 0.106. The summed E-state index contributed by atoms with van der Waals surface area (Å²) in [7, 11) is 4.54. The van der Waals surface area contributed by atoms with Gasteiger partial charge in [-0.2, -0.15) is 0 Å². The first-order valence-corrected chi connectivity index (χ1v) is 11.7. The van der Waals surface area contributed by atoms with Crippen molar-refractivity contribution in [2.45, 2.75) is 12.6 Å². The van der Waals surface area contributed by atoms with Crippen molar-refractivity contribution in [1.82, 2.24) is 9.88 Å². The fourth-order valence-electron chi connectivity index (χ4n) is 4.84. The molecule has 188 valence electrons. The number of ketones is 1. The molecule has 1 fully saturated rings. The van der Waals surface area contributed by atoms with E-state index in [1.54, 1.807) is 37.6 Å². The Hall–Kier alpha value is -4.72. The zero-order chi connectivity index (χ0) is 26.1. The van der Waals surface area contributed by atoms with Crippen molar-refractivity contribution in [2.75, 3.05) is 21.3 Å². The molecule has 2 heterocycles. The Labute approximate surface area is 213 Å². The Morgan fingerprint density at radius 1 is 0.919 bits per heavy atom. The number of aliphatic hydroxyl groups excluding tert-OH is 1. The van der Waals surface area contributed by atoms with E-state index < -0.39 is 17.7 Å². The molecule has 1 saturated heterocycles. The number of Topliss-reactive ketones (excluding diaryl/α,β-unsaturated/α-hetero) is 1. The Bertz CT molecular complexity index is 1540. The van der Waals surface area contributed by atoms with E-state index in [1.165, 1.54) is 19.1 Å². The summed E-state index contributed by atoms with van der Waals surface area (Å²) in [5, 5.41) is 12.4. The minimum absolute atomic E-state index is 0.0203. The maximum atomic E-state index is 13.5. The van der Waals surface area contributed by atoms with Gasteiger partial charge in [0, 0.05) is 34.3 Å². The fourth-order valence-corrected chi connectivity index (χ4v) is 4.84. The Balaban J connectivity index is 1.73. The lowest BCUT2D eigenvalue weighted by Gasteiger charge is -2.26. The number of hydrogen-bond donors (Lipinski definition) is 2. The van der Waals surface area contributed by atoms with Crippen LogP contribution in [0.25, 0.3) is 16.7 Å². The molecule has 37 heavy (non-hydrogen) atoms. The molecule has 0 aliphatic carbocycles. The predicted molar refractivity (Wildman–Crippen MR) is 139 cm³/mol. The van der Waals surface area contributed by atoms with Crippen LogP contribution in [0.5, 0.6) is 17.2 Å². The number of nitrogens with zero attached hydrogens (tertiary/aromatic N) is 1. The van der Waals surface area contributed by atoms with Gasteiger partial charge in [-0.3, -0.25) is 9.59 Å². The molecule has 0 radical (unpaired) electrons. The van der Waals surface area contributed by atoms with E-state index in [9.17, 15) is 14.7 Å². The van der Waals surface area contributed by atoms with E-state index in [2.05, 4.69) is 4.98 Å². The number of H-pyrrole nitrogens is 1. The fraction of sp³-hybridized carbons (Fsp3) is 0.172. The lowest BCUT2D eigenvalue weighted by atomic mass is 9.94. The van der Waals surface area contributed by atoms with Crippen molar-refractivity contribution in [1.29, 1.82) is 0 Å². The molecule has 1 amide bonds. The molecule has 0 saturated carbocycles.